The summed E-state index contributed by atoms with van der Waals surface area (Å²) in [7, 11) is 0. The fraction of sp³-hybridized carbons (Fsp3) is 0.160. The van der Waals surface area contributed by atoms with Crippen LogP contribution in [0.25, 0.3) is 27.7 Å². The Kier molecular flexibility index (Phi) is 5.15. The lowest BCUT2D eigenvalue weighted by atomic mass is 10.0. The second-order valence-electron chi connectivity index (χ2n) is 8.34. The summed E-state index contributed by atoms with van der Waals surface area (Å²) >= 11 is 0. The van der Waals surface area contributed by atoms with Gasteiger partial charge in [0.2, 0.25) is 0 Å². The molecule has 0 unspecified atom stereocenters. The summed E-state index contributed by atoms with van der Waals surface area (Å²) in [4.78, 5) is 13.1. The van der Waals surface area contributed by atoms with Gasteiger partial charge in [0.1, 0.15) is 5.82 Å². The van der Waals surface area contributed by atoms with Crippen molar-refractivity contribution in [3.63, 3.8) is 0 Å². The van der Waals surface area contributed by atoms with Gasteiger partial charge in [-0.2, -0.15) is 9.78 Å². The molecule has 0 fully saturated rings. The highest BCUT2D eigenvalue weighted by Gasteiger charge is 2.18. The van der Waals surface area contributed by atoms with Gasteiger partial charge in [-0.1, -0.05) is 30.3 Å². The maximum Gasteiger partial charge on any atom is 0.279 e. The van der Waals surface area contributed by atoms with Gasteiger partial charge in [0.05, 0.1) is 16.8 Å². The summed E-state index contributed by atoms with van der Waals surface area (Å²) in [5.74, 6) is -0.387. The Hall–Kier alpha value is -3.80. The van der Waals surface area contributed by atoms with Crippen LogP contribution in [0.3, 0.4) is 0 Å². The molecule has 0 saturated carbocycles. The summed E-state index contributed by atoms with van der Waals surface area (Å²) in [5.41, 5.74) is 1.72. The van der Waals surface area contributed by atoms with Gasteiger partial charge in [0, 0.05) is 37.3 Å². The van der Waals surface area contributed by atoms with Gasteiger partial charge >= 0.3 is 0 Å². The Bertz CT molecular complexity index is 1350. The first kappa shape index (κ1) is 20.5. The van der Waals surface area contributed by atoms with Crippen LogP contribution in [-0.4, -0.2) is 26.3 Å². The zero-order chi connectivity index (χ0) is 22.2. The summed E-state index contributed by atoms with van der Waals surface area (Å²) in [5, 5.41) is 18.2. The smallest absolute Gasteiger partial charge is 0.279 e. The first-order chi connectivity index (χ1) is 14.7. The molecule has 5 nitrogen and oxygen atoms in total. The second-order valence-corrected chi connectivity index (χ2v) is 8.34. The van der Waals surface area contributed by atoms with E-state index in [2.05, 4.69) is 5.10 Å². The lowest BCUT2D eigenvalue weighted by molar-refractivity contribution is -0.530. The van der Waals surface area contributed by atoms with E-state index in [1.165, 1.54) is 28.9 Å². The van der Waals surface area contributed by atoms with Crippen LogP contribution in [0.4, 0.5) is 4.39 Å². The monoisotopic (exact) mass is 415 g/mol. The van der Waals surface area contributed by atoms with Crippen LogP contribution >= 0.6 is 0 Å². The van der Waals surface area contributed by atoms with Crippen molar-refractivity contribution in [3.8, 4) is 16.9 Å². The summed E-state index contributed by atoms with van der Waals surface area (Å²) in [6.07, 6.45) is 1.54. The van der Waals surface area contributed by atoms with Crippen molar-refractivity contribution in [2.75, 3.05) is 0 Å². The van der Waals surface area contributed by atoms with Gasteiger partial charge in [0.15, 0.2) is 11.8 Å². The van der Waals surface area contributed by atoms with Gasteiger partial charge < -0.3 is 5.21 Å². The first-order valence-electron chi connectivity index (χ1n) is 9.94. The van der Waals surface area contributed by atoms with E-state index in [0.29, 0.717) is 22.2 Å². The highest BCUT2D eigenvalue weighted by molar-refractivity contribution is 5.94. The van der Waals surface area contributed by atoms with Crippen LogP contribution in [0.5, 0.6) is 0 Å². The van der Waals surface area contributed by atoms with Crippen molar-refractivity contribution in [2.45, 2.75) is 26.3 Å². The van der Waals surface area contributed by atoms with E-state index < -0.39 is 5.54 Å². The van der Waals surface area contributed by atoms with Crippen LogP contribution in [0.15, 0.2) is 77.6 Å². The average Bonchev–Trinajstić information content (AvgIpc) is 2.74. The molecule has 0 saturated heterocycles. The normalized spacial score (nSPS) is 12.3. The molecule has 4 aromatic rings. The number of rotatable bonds is 3. The third-order valence-corrected chi connectivity index (χ3v) is 4.96. The van der Waals surface area contributed by atoms with Crippen LogP contribution in [0.1, 0.15) is 26.3 Å². The molecule has 31 heavy (non-hydrogen) atoms. The molecular formula is C25H22FN3O2. The quantitative estimate of drug-likeness (QED) is 0.207. The van der Waals surface area contributed by atoms with Crippen molar-refractivity contribution in [2.24, 2.45) is 0 Å². The summed E-state index contributed by atoms with van der Waals surface area (Å²) in [6, 6.07) is 20.3. The maximum absolute atomic E-state index is 13.4. The van der Waals surface area contributed by atoms with Crippen LogP contribution in [-0.2, 0) is 0 Å². The van der Waals surface area contributed by atoms with E-state index in [-0.39, 0.29) is 11.4 Å². The number of halogens is 1. The molecule has 0 radical (unpaired) electrons. The minimum atomic E-state index is -0.559. The zero-order valence-electron chi connectivity index (χ0n) is 17.5. The minimum absolute atomic E-state index is 0.285. The number of benzene rings is 3. The molecule has 0 aliphatic carbocycles. The molecule has 0 atom stereocenters. The van der Waals surface area contributed by atoms with Crippen molar-refractivity contribution in [3.05, 3.63) is 99.7 Å². The van der Waals surface area contributed by atoms with Crippen molar-refractivity contribution >= 4 is 17.0 Å². The van der Waals surface area contributed by atoms with Crippen LogP contribution < -0.4 is 5.56 Å². The molecule has 0 aliphatic heterocycles. The van der Waals surface area contributed by atoms with Gasteiger partial charge in [-0.3, -0.25) is 4.79 Å². The van der Waals surface area contributed by atoms with Gasteiger partial charge in [-0.15, -0.1) is 0 Å². The first-order valence-corrected chi connectivity index (χ1v) is 9.94. The zero-order valence-corrected chi connectivity index (χ0v) is 17.5. The Labute approximate surface area is 179 Å². The highest BCUT2D eigenvalue weighted by atomic mass is 19.1. The van der Waals surface area contributed by atoms with Gasteiger partial charge in [0.25, 0.3) is 5.56 Å². The number of hydrogen-bond donors (Lipinski definition) is 0. The molecule has 4 rings (SSSR count). The van der Waals surface area contributed by atoms with E-state index in [0.717, 1.165) is 15.9 Å². The van der Waals surface area contributed by atoms with Gasteiger partial charge in [-0.05, 0) is 42.5 Å². The largest absolute Gasteiger partial charge is 0.623 e. The van der Waals surface area contributed by atoms with Crippen LogP contribution in [0.2, 0.25) is 0 Å². The summed E-state index contributed by atoms with van der Waals surface area (Å²) in [6.45, 7) is 5.52. The van der Waals surface area contributed by atoms with E-state index >= 15 is 0 Å². The lowest BCUT2D eigenvalue weighted by Gasteiger charge is -2.18. The molecular weight excluding hydrogens is 393 g/mol. The maximum atomic E-state index is 13.4. The fourth-order valence-corrected chi connectivity index (χ4v) is 3.26. The highest BCUT2D eigenvalue weighted by Crippen LogP contribution is 2.26. The standard InChI is InChI=1S/C25H22FN3O2/c1-25(2,3)28(31)16-17-7-6-8-18(15-17)23-21-9-4-5-10-22(21)24(30)29(27-23)20-13-11-19(26)12-14-20/h4-16H,1-3H3. The van der Waals surface area contributed by atoms with Crippen molar-refractivity contribution in [1.29, 1.82) is 0 Å². The molecule has 6 heteroatoms. The lowest BCUT2D eigenvalue weighted by Crippen LogP contribution is -2.29. The minimum Gasteiger partial charge on any atom is -0.623 e. The second kappa shape index (κ2) is 7.80. The summed E-state index contributed by atoms with van der Waals surface area (Å²) < 4.78 is 15.6. The van der Waals surface area contributed by atoms with Crippen molar-refractivity contribution in [1.82, 2.24) is 9.78 Å². The number of hydroxylamine groups is 1. The third kappa shape index (κ3) is 4.10. The van der Waals surface area contributed by atoms with Gasteiger partial charge in [-0.25, -0.2) is 9.13 Å². The molecule has 0 bridgehead atoms. The predicted octanol–water partition coefficient (Wildman–Crippen LogP) is 4.92. The number of aromatic nitrogens is 2. The third-order valence-electron chi connectivity index (χ3n) is 4.96. The van der Waals surface area contributed by atoms with E-state index in [1.807, 2.05) is 57.2 Å². The molecule has 0 aliphatic rings. The van der Waals surface area contributed by atoms with Crippen LogP contribution in [0, 0.1) is 11.0 Å². The topological polar surface area (TPSA) is 61.0 Å². The fourth-order valence-electron chi connectivity index (χ4n) is 3.26. The van der Waals surface area contributed by atoms with Crippen molar-refractivity contribution < 1.29 is 9.13 Å². The number of hydrogen-bond acceptors (Lipinski definition) is 3. The molecule has 0 amide bonds. The predicted molar refractivity (Wildman–Crippen MR) is 121 cm³/mol. The Balaban J connectivity index is 1.94. The molecule has 1 aromatic heterocycles. The molecule has 0 N–H and O–H groups in total. The molecule has 156 valence electrons. The number of fused-ring (bicyclic) bond motifs is 1. The number of nitrogens with zero attached hydrogens (tertiary/aromatic N) is 3. The molecule has 0 spiro atoms. The Morgan fingerprint density at radius 1 is 0.968 bits per heavy atom. The van der Waals surface area contributed by atoms with E-state index in [1.54, 1.807) is 18.3 Å². The molecule has 1 heterocycles. The van der Waals surface area contributed by atoms with E-state index in [4.69, 9.17) is 0 Å². The Morgan fingerprint density at radius 3 is 2.32 bits per heavy atom. The average molecular weight is 415 g/mol. The van der Waals surface area contributed by atoms with E-state index in [9.17, 15) is 14.4 Å². The Morgan fingerprint density at radius 2 is 1.65 bits per heavy atom. The molecule has 3 aromatic carbocycles. The SMILES string of the molecule is CC(C)(C)[N+]([O-])=Cc1cccc(-c2nn(-c3ccc(F)cc3)c(=O)c3ccccc23)c1.